The van der Waals surface area contributed by atoms with E-state index in [2.05, 4.69) is 41.7 Å². The first kappa shape index (κ1) is 87.4. The molecule has 2 aliphatic heterocycles. The van der Waals surface area contributed by atoms with Crippen LogP contribution in [-0.4, -0.2) is 279 Å². The van der Waals surface area contributed by atoms with E-state index in [0.29, 0.717) is 57.8 Å². The highest BCUT2D eigenvalue weighted by Gasteiger charge is 2.48. The molecule has 19 atom stereocenters. The summed E-state index contributed by atoms with van der Waals surface area (Å²) in [5.74, 6) is -4.71. The number of phosphoric acid groups is 1. The van der Waals surface area contributed by atoms with Gasteiger partial charge in [0.2, 0.25) is 41.4 Å². The van der Waals surface area contributed by atoms with Crippen molar-refractivity contribution in [2.75, 3.05) is 66.5 Å². The van der Waals surface area contributed by atoms with Gasteiger partial charge in [-0.15, -0.1) is 0 Å². The zero-order valence-corrected chi connectivity index (χ0v) is 57.5. The van der Waals surface area contributed by atoms with Gasteiger partial charge in [-0.2, -0.15) is 0 Å². The van der Waals surface area contributed by atoms with Crippen molar-refractivity contribution in [1.29, 1.82) is 0 Å². The monoisotopic (exact) mass is 1430 g/mol. The lowest BCUT2D eigenvalue weighted by Gasteiger charge is -2.42. The molecule has 3 rings (SSSR count). The lowest BCUT2D eigenvalue weighted by molar-refractivity contribution is -0.270. The van der Waals surface area contributed by atoms with Gasteiger partial charge in [-0.1, -0.05) is 12.8 Å². The molecule has 0 aromatic heterocycles. The van der Waals surface area contributed by atoms with Gasteiger partial charge in [0.1, 0.15) is 66.6 Å². The van der Waals surface area contributed by atoms with Crippen LogP contribution in [0.5, 0.6) is 0 Å². The van der Waals surface area contributed by atoms with E-state index in [1.54, 1.807) is 0 Å². The Morgan fingerprint density at radius 2 is 0.959 bits per heavy atom. The maximum Gasteiger partial charge on any atom is 0.471 e. The number of nitrogens with one attached hydrogen (secondary N) is 7. The average Bonchev–Trinajstić information content (AvgIpc) is 0.823. The topological polar surface area (TPSA) is 542 Å². The summed E-state index contributed by atoms with van der Waals surface area (Å²) in [6.45, 7) is 1.17. The number of aliphatic hydroxyl groups is 10. The number of carbonyl (C=O) groups excluding carboxylic acids is 9. The molecular formula is C62H110N7O28P. The highest BCUT2D eigenvalue weighted by Crippen LogP contribution is 2.42. The quantitative estimate of drug-likeness (QED) is 0.0205. The molecule has 3 aliphatic rings. The van der Waals surface area contributed by atoms with E-state index in [9.17, 15) is 104 Å². The molecule has 35 nitrogen and oxygen atoms in total. The summed E-state index contributed by atoms with van der Waals surface area (Å²) < 4.78 is 49.5. The Balaban J connectivity index is 1.67. The number of ether oxygens (including phenoxy) is 5. The van der Waals surface area contributed by atoms with Gasteiger partial charge in [0.05, 0.1) is 56.8 Å². The molecule has 0 aromatic rings. The number of rotatable bonds is 50. The van der Waals surface area contributed by atoms with Gasteiger partial charge in [-0.25, -0.2) is 4.57 Å². The fourth-order valence-electron chi connectivity index (χ4n) is 11.4. The highest BCUT2D eigenvalue weighted by molar-refractivity contribution is 7.47. The minimum Gasteiger partial charge on any atom is -0.396 e. The smallest absolute Gasteiger partial charge is 0.396 e. The van der Waals surface area contributed by atoms with E-state index in [1.807, 2.05) is 0 Å². The lowest BCUT2D eigenvalue weighted by Crippen LogP contribution is -2.64. The van der Waals surface area contributed by atoms with E-state index < -0.39 is 192 Å². The first-order valence-electron chi connectivity index (χ1n) is 33.8. The van der Waals surface area contributed by atoms with E-state index in [1.165, 1.54) is 20.8 Å². The van der Waals surface area contributed by atoms with Crippen LogP contribution in [0.4, 0.5) is 0 Å². The number of aliphatic hydroxyl groups excluding tert-OH is 10. The molecular weight excluding hydrogens is 1320 g/mol. The van der Waals surface area contributed by atoms with Gasteiger partial charge in [0.15, 0.2) is 18.4 Å². The predicted octanol–water partition coefficient (Wildman–Crippen LogP) is -3.81. The van der Waals surface area contributed by atoms with Gasteiger partial charge < -0.3 is 117 Å². The van der Waals surface area contributed by atoms with Crippen molar-refractivity contribution in [3.05, 3.63) is 0 Å². The lowest BCUT2D eigenvalue weighted by atomic mass is 9.79. The molecule has 3 fully saturated rings. The van der Waals surface area contributed by atoms with Gasteiger partial charge in [-0.05, 0) is 89.9 Å². The fraction of sp³-hybridized carbons (Fsp3) is 0.855. The summed E-state index contributed by atoms with van der Waals surface area (Å²) in [7, 11) is -3.46. The van der Waals surface area contributed by atoms with Crippen LogP contribution in [0.15, 0.2) is 0 Å². The summed E-state index contributed by atoms with van der Waals surface area (Å²) in [4.78, 5) is 126. The third-order valence-corrected chi connectivity index (χ3v) is 17.9. The average molecular weight is 1430 g/mol. The molecule has 18 N–H and O–H groups in total. The van der Waals surface area contributed by atoms with Crippen LogP contribution < -0.4 is 37.2 Å². The van der Waals surface area contributed by atoms with Gasteiger partial charge in [0, 0.05) is 105 Å². The number of phosphoric ester groups is 1. The summed E-state index contributed by atoms with van der Waals surface area (Å²) in [6.07, 6.45) is -9.45. The van der Waals surface area contributed by atoms with Crippen LogP contribution in [-0.2, 0) is 80.4 Å². The minimum absolute atomic E-state index is 0.0570. The molecule has 566 valence electrons. The molecule has 7 amide bonds. The minimum atomic E-state index is -4.41. The second-order valence-corrected chi connectivity index (χ2v) is 26.6. The summed E-state index contributed by atoms with van der Waals surface area (Å²) in [6, 6.07) is -6.57. The van der Waals surface area contributed by atoms with E-state index in [0.717, 1.165) is 7.11 Å². The Labute approximate surface area is 570 Å². The third-order valence-electron chi connectivity index (χ3n) is 17.0. The van der Waals surface area contributed by atoms with Crippen molar-refractivity contribution in [3.8, 4) is 0 Å². The molecule has 0 radical (unpaired) electrons. The molecule has 1 unspecified atom stereocenters. The second-order valence-electron chi connectivity index (χ2n) is 25.0. The van der Waals surface area contributed by atoms with Gasteiger partial charge in [-0.3, -0.25) is 52.2 Å². The second kappa shape index (κ2) is 47.3. The van der Waals surface area contributed by atoms with Gasteiger partial charge in [0.25, 0.3) is 0 Å². The zero-order valence-electron chi connectivity index (χ0n) is 56.6. The molecule has 36 heteroatoms. The van der Waals surface area contributed by atoms with Crippen LogP contribution in [0.25, 0.3) is 0 Å². The Bertz CT molecular complexity index is 2480. The number of unbranched alkanes of at least 4 members (excludes halogenated alkanes) is 7. The zero-order chi connectivity index (χ0) is 72.9. The van der Waals surface area contributed by atoms with Gasteiger partial charge >= 0.3 is 7.82 Å². The van der Waals surface area contributed by atoms with Crippen molar-refractivity contribution in [2.24, 2.45) is 5.92 Å². The number of hydrogen-bond acceptors (Lipinski definition) is 27. The number of ketones is 2. The van der Waals surface area contributed by atoms with Crippen LogP contribution in [0.1, 0.15) is 162 Å². The van der Waals surface area contributed by atoms with Crippen molar-refractivity contribution in [3.63, 3.8) is 0 Å². The SMILES string of the molecule is COP(=O)(O)OC[C@@H](CO)NC(=O)CCCCC(=O)[C@H](CCCCNC(=O)CCCCO[C@@H]1C[C@H](CO)[C@H](O)[C@H](O)[C@H]1NC(C)=O)NC(=O)[C@H](CCCCCC(=O)CCCCO[C@@H]1O[C@H](CO)[C@H](O)[C@H](O)[C@H]1NC(C)=O)NC(=O)CCCCO[C@@H]1O[C@H](CO)[C@H](O)[C@H](O)[C@H]1NC(C)=O. The molecule has 98 heavy (non-hydrogen) atoms. The summed E-state index contributed by atoms with van der Waals surface area (Å²) in [5, 5.41) is 120. The largest absolute Gasteiger partial charge is 0.471 e. The number of hydrogen-bond donors (Lipinski definition) is 18. The van der Waals surface area contributed by atoms with E-state index >= 15 is 0 Å². The van der Waals surface area contributed by atoms with Crippen molar-refractivity contribution in [1.82, 2.24) is 37.2 Å². The number of amides is 7. The molecule has 0 bridgehead atoms. The standard InChI is InChI=1S/C62H110N7O28P/c1-36(74)64-51-45(30-39(31-70)54(82)57(51)85)92-27-16-12-23-48(79)63-26-14-10-20-42(44(78)22-8-9-24-49(80)67-40(32-71)35-95-98(89,90)91-4)69-60(88)43(68-50(81)25-13-17-29-94-62-53(66-38(3)76)59(87)56(84)47(34-73)97-62)21-7-5-6-18-41(77)19-11-15-28-93-61-52(65-37(2)75)58(86)55(83)46(33-72)96-61/h39-40,42-43,45-47,51-59,61-62,70-73,82-87H,5-35H2,1-4H3,(H,63,79)(H,64,74)(H,65,75)(H,66,76)(H,67,80)(H,68,81)(H,69,88)(H,89,90)/t39-,40-,42+,43+,45-,46-,47-,51+,52-,53-,54+,55+,56+,57-,58-,59-,61-,62-/m1/s1. The Morgan fingerprint density at radius 3 is 1.48 bits per heavy atom. The molecule has 1 aliphatic carbocycles. The third kappa shape index (κ3) is 32.4. The van der Waals surface area contributed by atoms with Crippen LogP contribution in [0.3, 0.4) is 0 Å². The molecule has 2 heterocycles. The maximum atomic E-state index is 14.4. The van der Waals surface area contributed by atoms with Crippen LogP contribution in [0.2, 0.25) is 0 Å². The normalized spacial score (nSPS) is 27.1. The molecule has 1 saturated carbocycles. The fourth-order valence-corrected chi connectivity index (χ4v) is 11.9. The molecule has 0 spiro atoms. The van der Waals surface area contributed by atoms with E-state index in [-0.39, 0.29) is 122 Å². The highest BCUT2D eigenvalue weighted by atomic mass is 31.2. The van der Waals surface area contributed by atoms with E-state index in [4.69, 9.17) is 28.2 Å². The van der Waals surface area contributed by atoms with Crippen molar-refractivity contribution >= 4 is 60.7 Å². The van der Waals surface area contributed by atoms with Crippen molar-refractivity contribution < 1.29 is 136 Å². The molecule has 0 aromatic carbocycles. The Kier molecular flexibility index (Phi) is 42.2. The summed E-state index contributed by atoms with van der Waals surface area (Å²) >= 11 is 0. The van der Waals surface area contributed by atoms with Crippen LogP contribution in [0, 0.1) is 5.92 Å². The predicted molar refractivity (Wildman–Crippen MR) is 343 cm³/mol. The maximum absolute atomic E-state index is 14.4. The number of carbonyl (C=O) groups is 9. The summed E-state index contributed by atoms with van der Waals surface area (Å²) in [5.41, 5.74) is 0. The molecule has 2 saturated heterocycles. The Hall–Kier alpha value is -4.86. The Morgan fingerprint density at radius 1 is 0.500 bits per heavy atom. The van der Waals surface area contributed by atoms with Crippen LogP contribution >= 0.6 is 7.82 Å². The van der Waals surface area contributed by atoms with Crippen molar-refractivity contribution in [2.45, 2.75) is 266 Å². The first-order chi connectivity index (χ1) is 46.6. The number of Topliss-reactive ketones (excluding diaryl/α,β-unsaturated/α-hetero) is 2. The first-order valence-corrected chi connectivity index (χ1v) is 35.3.